The highest BCUT2D eigenvalue weighted by Gasteiger charge is 2.33. The first-order valence-corrected chi connectivity index (χ1v) is 9.67. The Hall–Kier alpha value is -0.480. The summed E-state index contributed by atoms with van der Waals surface area (Å²) in [4.78, 5) is 0. The smallest absolute Gasteiger partial charge is 0.247 e. The van der Waals surface area contributed by atoms with Crippen LogP contribution in [0.3, 0.4) is 0 Å². The fourth-order valence-electron chi connectivity index (χ4n) is 2.13. The maximum absolute atomic E-state index is 12.3. The molecule has 1 saturated carbocycles. The normalized spacial score (nSPS) is 25.4. The molecule has 1 aliphatic carbocycles. The van der Waals surface area contributed by atoms with Crippen LogP contribution in [0.25, 0.3) is 0 Å². The Kier molecular flexibility index (Phi) is 4.03. The van der Waals surface area contributed by atoms with Crippen molar-refractivity contribution in [1.82, 2.24) is 0 Å². The highest BCUT2D eigenvalue weighted by Crippen LogP contribution is 2.33. The molecule has 0 spiro atoms. The van der Waals surface area contributed by atoms with Gasteiger partial charge in [-0.05, 0) is 37.8 Å². The third-order valence-corrected chi connectivity index (χ3v) is 8.51. The van der Waals surface area contributed by atoms with E-state index in [4.69, 9.17) is 5.14 Å². The van der Waals surface area contributed by atoms with Crippen LogP contribution in [0.2, 0.25) is 0 Å². The molecule has 0 amide bonds. The molecule has 0 saturated heterocycles. The molecule has 0 atom stereocenters. The Morgan fingerprint density at radius 1 is 1.05 bits per heavy atom. The first-order chi connectivity index (χ1) is 8.71. The fourth-order valence-corrected chi connectivity index (χ4v) is 6.37. The van der Waals surface area contributed by atoms with Crippen LogP contribution in [0, 0.1) is 0 Å². The van der Waals surface area contributed by atoms with Crippen molar-refractivity contribution in [3.63, 3.8) is 0 Å². The van der Waals surface area contributed by atoms with Gasteiger partial charge in [-0.2, -0.15) is 0 Å². The Labute approximate surface area is 116 Å². The third kappa shape index (κ3) is 3.16. The van der Waals surface area contributed by atoms with E-state index in [0.29, 0.717) is 37.0 Å². The molecule has 1 heterocycles. The van der Waals surface area contributed by atoms with Crippen molar-refractivity contribution >= 4 is 31.2 Å². The molecule has 0 unspecified atom stereocenters. The number of sulfonamides is 1. The minimum absolute atomic E-state index is 0.0258. The standard InChI is InChI=1S/C10H15NO5S3/c11-19(15,16)10-6-5-9(17-10)18(13,14)8-3-1-7(12)2-4-8/h5-8,12H,1-4H2,(H2,11,15,16)/t7-,8-. The van der Waals surface area contributed by atoms with E-state index < -0.39 is 31.2 Å². The Bertz CT molecular complexity index is 653. The topological polar surface area (TPSA) is 115 Å². The van der Waals surface area contributed by atoms with Gasteiger partial charge >= 0.3 is 0 Å². The van der Waals surface area contributed by atoms with Gasteiger partial charge in [0.05, 0.1) is 11.4 Å². The quantitative estimate of drug-likeness (QED) is 0.838. The maximum Gasteiger partial charge on any atom is 0.247 e. The molecule has 9 heteroatoms. The molecule has 19 heavy (non-hydrogen) atoms. The molecule has 6 nitrogen and oxygen atoms in total. The molecule has 3 N–H and O–H groups in total. The highest BCUT2D eigenvalue weighted by molar-refractivity contribution is 7.95. The van der Waals surface area contributed by atoms with Crippen molar-refractivity contribution in [2.75, 3.05) is 0 Å². The second-order valence-corrected chi connectivity index (χ2v) is 9.92. The molecule has 2 rings (SSSR count). The molecule has 0 radical (unpaired) electrons. The van der Waals surface area contributed by atoms with Crippen molar-refractivity contribution in [3.05, 3.63) is 12.1 Å². The van der Waals surface area contributed by atoms with E-state index in [1.54, 1.807) is 0 Å². The molecule has 1 aliphatic rings. The van der Waals surface area contributed by atoms with Crippen molar-refractivity contribution < 1.29 is 21.9 Å². The number of hydrogen-bond acceptors (Lipinski definition) is 6. The van der Waals surface area contributed by atoms with Crippen molar-refractivity contribution in [1.29, 1.82) is 0 Å². The molecule has 0 aliphatic heterocycles. The van der Waals surface area contributed by atoms with E-state index in [0.717, 1.165) is 0 Å². The first-order valence-electron chi connectivity index (χ1n) is 5.76. The Balaban J connectivity index is 2.28. The van der Waals surface area contributed by atoms with Gasteiger partial charge in [-0.1, -0.05) is 0 Å². The van der Waals surface area contributed by atoms with Gasteiger partial charge in [0.25, 0.3) is 0 Å². The van der Waals surface area contributed by atoms with Gasteiger partial charge in [0.2, 0.25) is 10.0 Å². The summed E-state index contributed by atoms with van der Waals surface area (Å²) in [6, 6.07) is 2.50. The van der Waals surface area contributed by atoms with Gasteiger partial charge in [0, 0.05) is 0 Å². The minimum Gasteiger partial charge on any atom is -0.393 e. The molecule has 1 aromatic rings. The number of primary sulfonamides is 1. The number of rotatable bonds is 3. The second-order valence-electron chi connectivity index (χ2n) is 4.59. The largest absolute Gasteiger partial charge is 0.393 e. The molecular formula is C10H15NO5S3. The summed E-state index contributed by atoms with van der Waals surface area (Å²) in [7, 11) is -7.41. The third-order valence-electron chi connectivity index (χ3n) is 3.20. The first kappa shape index (κ1) is 14.9. The predicted molar refractivity (Wildman–Crippen MR) is 71.1 cm³/mol. The van der Waals surface area contributed by atoms with Crippen LogP contribution in [0.15, 0.2) is 20.6 Å². The maximum atomic E-state index is 12.3. The summed E-state index contributed by atoms with van der Waals surface area (Å²) < 4.78 is 46.8. The highest BCUT2D eigenvalue weighted by atomic mass is 32.3. The van der Waals surface area contributed by atoms with Gasteiger partial charge in [-0.25, -0.2) is 22.0 Å². The summed E-state index contributed by atoms with van der Waals surface area (Å²) in [5.74, 6) is 0. The van der Waals surface area contributed by atoms with Gasteiger partial charge in [-0.3, -0.25) is 0 Å². The summed E-state index contributed by atoms with van der Waals surface area (Å²) >= 11 is 0.678. The van der Waals surface area contributed by atoms with E-state index in [1.807, 2.05) is 0 Å². The zero-order valence-electron chi connectivity index (χ0n) is 10.0. The summed E-state index contributed by atoms with van der Waals surface area (Å²) in [5, 5.41) is 13.8. The summed E-state index contributed by atoms with van der Waals surface area (Å²) in [5.41, 5.74) is 0. The summed E-state index contributed by atoms with van der Waals surface area (Å²) in [6.07, 6.45) is 1.27. The van der Waals surface area contributed by atoms with Crippen molar-refractivity contribution in [3.8, 4) is 0 Å². The monoisotopic (exact) mass is 325 g/mol. The van der Waals surface area contributed by atoms with Crippen LogP contribution < -0.4 is 5.14 Å². The summed E-state index contributed by atoms with van der Waals surface area (Å²) in [6.45, 7) is 0. The average Bonchev–Trinajstić information content (AvgIpc) is 2.79. The van der Waals surface area contributed by atoms with Crippen LogP contribution in [-0.2, 0) is 19.9 Å². The number of nitrogens with two attached hydrogens (primary N) is 1. The molecule has 1 aromatic heterocycles. The van der Waals surface area contributed by atoms with Gasteiger partial charge in [0.15, 0.2) is 9.84 Å². The van der Waals surface area contributed by atoms with Crippen molar-refractivity contribution in [2.45, 2.75) is 45.5 Å². The van der Waals surface area contributed by atoms with Crippen LogP contribution in [-0.4, -0.2) is 33.3 Å². The lowest BCUT2D eigenvalue weighted by atomic mass is 9.97. The van der Waals surface area contributed by atoms with Crippen molar-refractivity contribution in [2.24, 2.45) is 5.14 Å². The molecule has 0 bridgehead atoms. The number of thiophene rings is 1. The molecule has 1 fully saturated rings. The molecule has 0 aromatic carbocycles. The lowest BCUT2D eigenvalue weighted by molar-refractivity contribution is 0.131. The average molecular weight is 325 g/mol. The number of aliphatic hydroxyl groups excluding tert-OH is 1. The number of aliphatic hydroxyl groups is 1. The number of hydrogen-bond donors (Lipinski definition) is 2. The van der Waals surface area contributed by atoms with Crippen LogP contribution in [0.4, 0.5) is 0 Å². The minimum atomic E-state index is -3.87. The predicted octanol–water partition coefficient (Wildman–Crippen LogP) is 0.473. The van der Waals surface area contributed by atoms with Gasteiger partial charge in [-0.15, -0.1) is 11.3 Å². The van der Waals surface area contributed by atoms with E-state index >= 15 is 0 Å². The van der Waals surface area contributed by atoms with Crippen LogP contribution in [0.5, 0.6) is 0 Å². The van der Waals surface area contributed by atoms with Crippen LogP contribution in [0.1, 0.15) is 25.7 Å². The zero-order valence-corrected chi connectivity index (χ0v) is 12.5. The molecular weight excluding hydrogens is 310 g/mol. The Morgan fingerprint density at radius 2 is 1.58 bits per heavy atom. The van der Waals surface area contributed by atoms with E-state index in [-0.39, 0.29) is 8.42 Å². The van der Waals surface area contributed by atoms with Gasteiger partial charge in [0.1, 0.15) is 8.42 Å². The SMILES string of the molecule is NS(=O)(=O)c1ccc(S(=O)(=O)[C@H]2CC[C@H](O)CC2)s1. The zero-order chi connectivity index (χ0) is 14.3. The second kappa shape index (κ2) is 5.13. The van der Waals surface area contributed by atoms with E-state index in [2.05, 4.69) is 0 Å². The molecule has 108 valence electrons. The lowest BCUT2D eigenvalue weighted by Crippen LogP contribution is -2.28. The lowest BCUT2D eigenvalue weighted by Gasteiger charge is -2.24. The van der Waals surface area contributed by atoms with E-state index in [1.165, 1.54) is 12.1 Å². The van der Waals surface area contributed by atoms with E-state index in [9.17, 15) is 21.9 Å². The Morgan fingerprint density at radius 3 is 2.05 bits per heavy atom. The van der Waals surface area contributed by atoms with Crippen LogP contribution >= 0.6 is 11.3 Å². The number of sulfone groups is 1. The van der Waals surface area contributed by atoms with Gasteiger partial charge < -0.3 is 5.11 Å². The fraction of sp³-hybridized carbons (Fsp3) is 0.600.